The smallest absolute Gasteiger partial charge is 0.0785 e. The minimum Gasteiger partial charge on any atom is -0.371 e. The van der Waals surface area contributed by atoms with Crippen molar-refractivity contribution in [2.75, 3.05) is 6.61 Å². The minimum absolute atomic E-state index is 0.143. The Morgan fingerprint density at radius 1 is 1.29 bits per heavy atom. The van der Waals surface area contributed by atoms with Gasteiger partial charge in [0.2, 0.25) is 0 Å². The van der Waals surface area contributed by atoms with E-state index in [-0.39, 0.29) is 6.10 Å². The van der Waals surface area contributed by atoms with Crippen LogP contribution in [0.15, 0.2) is 42.5 Å². The molecule has 0 amide bonds. The van der Waals surface area contributed by atoms with E-state index in [1.54, 1.807) is 0 Å². The molecule has 1 aliphatic carbocycles. The number of ether oxygens (including phenoxy) is 2. The maximum absolute atomic E-state index is 5.74. The van der Waals surface area contributed by atoms with Gasteiger partial charge < -0.3 is 9.47 Å². The molecule has 2 heteroatoms. The first-order chi connectivity index (χ1) is 8.34. The van der Waals surface area contributed by atoms with Crippen LogP contribution in [0.3, 0.4) is 0 Å². The van der Waals surface area contributed by atoms with Gasteiger partial charge >= 0.3 is 0 Å². The number of hydrogen-bond acceptors (Lipinski definition) is 2. The zero-order valence-corrected chi connectivity index (χ0v) is 10.3. The van der Waals surface area contributed by atoms with E-state index < -0.39 is 0 Å². The van der Waals surface area contributed by atoms with E-state index in [1.165, 1.54) is 5.56 Å². The second-order valence-corrected chi connectivity index (χ2v) is 4.48. The molecule has 0 heterocycles. The van der Waals surface area contributed by atoms with Crippen molar-refractivity contribution in [2.24, 2.45) is 0 Å². The van der Waals surface area contributed by atoms with Crippen LogP contribution in [0.1, 0.15) is 25.3 Å². The van der Waals surface area contributed by atoms with Gasteiger partial charge in [0.05, 0.1) is 25.4 Å². The molecule has 0 saturated carbocycles. The maximum atomic E-state index is 5.74. The fourth-order valence-electron chi connectivity index (χ4n) is 1.86. The van der Waals surface area contributed by atoms with Crippen LogP contribution in [0.5, 0.6) is 0 Å². The lowest BCUT2D eigenvalue weighted by Gasteiger charge is -2.16. The molecule has 1 aromatic rings. The van der Waals surface area contributed by atoms with Gasteiger partial charge in [-0.1, -0.05) is 42.5 Å². The Labute approximate surface area is 103 Å². The molecule has 1 aromatic carbocycles. The van der Waals surface area contributed by atoms with E-state index >= 15 is 0 Å². The van der Waals surface area contributed by atoms with Crippen molar-refractivity contribution >= 4 is 0 Å². The summed E-state index contributed by atoms with van der Waals surface area (Å²) >= 11 is 0. The van der Waals surface area contributed by atoms with Gasteiger partial charge in [0.25, 0.3) is 0 Å². The van der Waals surface area contributed by atoms with Crippen LogP contribution in [0, 0.1) is 0 Å². The summed E-state index contributed by atoms with van der Waals surface area (Å²) in [4.78, 5) is 0. The standard InChI is InChI=1S/C15H20O2/c1-13(11-17-15-9-5-6-10-15)16-12-14-7-3-2-4-8-14/h2-5,7-9,13,15H,6,10-12H2,1H3/t13-,15?/m0/s1. The monoisotopic (exact) mass is 232 g/mol. The molecule has 2 atom stereocenters. The highest BCUT2D eigenvalue weighted by molar-refractivity contribution is 5.13. The minimum atomic E-state index is 0.143. The molecule has 0 spiro atoms. The lowest BCUT2D eigenvalue weighted by atomic mass is 10.2. The van der Waals surface area contributed by atoms with E-state index in [4.69, 9.17) is 9.47 Å². The highest BCUT2D eigenvalue weighted by atomic mass is 16.5. The molecule has 92 valence electrons. The second-order valence-electron chi connectivity index (χ2n) is 4.48. The molecule has 1 aliphatic rings. The molecule has 0 N–H and O–H groups in total. The molecule has 0 aromatic heterocycles. The lowest BCUT2D eigenvalue weighted by Crippen LogP contribution is -2.19. The Morgan fingerprint density at radius 2 is 2.12 bits per heavy atom. The molecule has 1 unspecified atom stereocenters. The van der Waals surface area contributed by atoms with Gasteiger partial charge in [-0.2, -0.15) is 0 Å². The van der Waals surface area contributed by atoms with E-state index in [2.05, 4.69) is 31.2 Å². The summed E-state index contributed by atoms with van der Waals surface area (Å²) in [5.41, 5.74) is 1.21. The van der Waals surface area contributed by atoms with Crippen molar-refractivity contribution in [3.8, 4) is 0 Å². The summed E-state index contributed by atoms with van der Waals surface area (Å²) in [5.74, 6) is 0. The molecule has 2 rings (SSSR count). The fourth-order valence-corrected chi connectivity index (χ4v) is 1.86. The molecule has 0 fully saturated rings. The summed E-state index contributed by atoms with van der Waals surface area (Å²) in [6, 6.07) is 10.2. The van der Waals surface area contributed by atoms with E-state index in [9.17, 15) is 0 Å². The van der Waals surface area contributed by atoms with Gasteiger partial charge in [0, 0.05) is 0 Å². The quantitative estimate of drug-likeness (QED) is 0.700. The Bertz CT molecular complexity index is 345. The van der Waals surface area contributed by atoms with Crippen molar-refractivity contribution < 1.29 is 9.47 Å². The van der Waals surface area contributed by atoms with Crippen LogP contribution in [0.2, 0.25) is 0 Å². The molecule has 0 bridgehead atoms. The van der Waals surface area contributed by atoms with E-state index in [0.29, 0.717) is 19.3 Å². The van der Waals surface area contributed by atoms with E-state index in [1.807, 2.05) is 18.2 Å². The summed E-state index contributed by atoms with van der Waals surface area (Å²) in [6.07, 6.45) is 7.03. The van der Waals surface area contributed by atoms with Crippen LogP contribution in [-0.4, -0.2) is 18.8 Å². The summed E-state index contributed by atoms with van der Waals surface area (Å²) in [5, 5.41) is 0. The summed E-state index contributed by atoms with van der Waals surface area (Å²) in [6.45, 7) is 3.38. The Hall–Kier alpha value is -1.12. The lowest BCUT2D eigenvalue weighted by molar-refractivity contribution is -0.0303. The number of allylic oxidation sites excluding steroid dienone is 1. The van der Waals surface area contributed by atoms with Crippen LogP contribution in [0.4, 0.5) is 0 Å². The molecule has 17 heavy (non-hydrogen) atoms. The summed E-state index contributed by atoms with van der Waals surface area (Å²) in [7, 11) is 0. The highest BCUT2D eigenvalue weighted by Crippen LogP contribution is 2.13. The van der Waals surface area contributed by atoms with Crippen LogP contribution < -0.4 is 0 Å². The Morgan fingerprint density at radius 3 is 2.82 bits per heavy atom. The van der Waals surface area contributed by atoms with Crippen molar-refractivity contribution in [3.05, 3.63) is 48.0 Å². The van der Waals surface area contributed by atoms with Crippen LogP contribution in [0.25, 0.3) is 0 Å². The van der Waals surface area contributed by atoms with Crippen LogP contribution in [-0.2, 0) is 16.1 Å². The average Bonchev–Trinajstić information content (AvgIpc) is 2.88. The predicted octanol–water partition coefficient (Wildman–Crippen LogP) is 3.33. The average molecular weight is 232 g/mol. The van der Waals surface area contributed by atoms with Crippen molar-refractivity contribution in [1.82, 2.24) is 0 Å². The van der Waals surface area contributed by atoms with Gasteiger partial charge in [0.1, 0.15) is 0 Å². The molecule has 0 radical (unpaired) electrons. The first kappa shape index (κ1) is 12.3. The molecule has 0 saturated heterocycles. The van der Waals surface area contributed by atoms with Gasteiger partial charge in [-0.15, -0.1) is 0 Å². The van der Waals surface area contributed by atoms with Crippen LogP contribution >= 0.6 is 0 Å². The largest absolute Gasteiger partial charge is 0.371 e. The third-order valence-corrected chi connectivity index (χ3v) is 2.89. The number of benzene rings is 1. The maximum Gasteiger partial charge on any atom is 0.0785 e. The van der Waals surface area contributed by atoms with Gasteiger partial charge in [-0.25, -0.2) is 0 Å². The van der Waals surface area contributed by atoms with Gasteiger partial charge in [-0.3, -0.25) is 0 Å². The van der Waals surface area contributed by atoms with Crippen molar-refractivity contribution in [2.45, 2.75) is 38.6 Å². The molecule has 0 aliphatic heterocycles. The molecule has 2 nitrogen and oxygen atoms in total. The predicted molar refractivity (Wildman–Crippen MR) is 68.8 cm³/mol. The molecular formula is C15H20O2. The number of hydrogen-bond donors (Lipinski definition) is 0. The van der Waals surface area contributed by atoms with Gasteiger partial charge in [-0.05, 0) is 25.3 Å². The second kappa shape index (κ2) is 6.58. The SMILES string of the molecule is C[C@@H](COC1C=CCC1)OCc1ccccc1. The third-order valence-electron chi connectivity index (χ3n) is 2.89. The highest BCUT2D eigenvalue weighted by Gasteiger charge is 2.11. The third kappa shape index (κ3) is 4.33. The topological polar surface area (TPSA) is 18.5 Å². The van der Waals surface area contributed by atoms with Crippen molar-refractivity contribution in [1.29, 1.82) is 0 Å². The summed E-state index contributed by atoms with van der Waals surface area (Å²) < 4.78 is 11.5. The molecular weight excluding hydrogens is 212 g/mol. The zero-order valence-electron chi connectivity index (χ0n) is 10.3. The number of rotatable bonds is 6. The van der Waals surface area contributed by atoms with E-state index in [0.717, 1.165) is 12.8 Å². The van der Waals surface area contributed by atoms with Crippen molar-refractivity contribution in [3.63, 3.8) is 0 Å². The Kier molecular flexibility index (Phi) is 4.77. The zero-order chi connectivity index (χ0) is 11.9. The van der Waals surface area contributed by atoms with Gasteiger partial charge in [0.15, 0.2) is 0 Å². The first-order valence-electron chi connectivity index (χ1n) is 6.28. The fraction of sp³-hybridized carbons (Fsp3) is 0.467. The Balaban J connectivity index is 1.63. The normalized spacial score (nSPS) is 20.6. The first-order valence-corrected chi connectivity index (χ1v) is 6.28.